The number of amides is 1. The van der Waals surface area contributed by atoms with Crippen molar-refractivity contribution < 1.29 is 19.4 Å². The lowest BCUT2D eigenvalue weighted by atomic mass is 9.75. The van der Waals surface area contributed by atoms with Gasteiger partial charge in [-0.1, -0.05) is 26.8 Å². The molecule has 7 nitrogen and oxygen atoms in total. The maximum atomic E-state index is 11.7. The van der Waals surface area contributed by atoms with E-state index in [4.69, 9.17) is 9.47 Å². The molecule has 2 atom stereocenters. The van der Waals surface area contributed by atoms with Crippen LogP contribution in [0.25, 0.3) is 0 Å². The van der Waals surface area contributed by atoms with E-state index in [2.05, 4.69) is 37.1 Å². The molecule has 1 fully saturated rings. The highest BCUT2D eigenvalue weighted by Crippen LogP contribution is 2.41. The zero-order valence-corrected chi connectivity index (χ0v) is 16.6. The Labute approximate surface area is 155 Å². The van der Waals surface area contributed by atoms with Crippen molar-refractivity contribution in [3.05, 3.63) is 23.4 Å². The summed E-state index contributed by atoms with van der Waals surface area (Å²) < 4.78 is 10.9. The monoisotopic (exact) mass is 365 g/mol. The third kappa shape index (κ3) is 4.27. The average molecular weight is 365 g/mol. The highest BCUT2D eigenvalue weighted by Gasteiger charge is 2.40. The van der Waals surface area contributed by atoms with Gasteiger partial charge < -0.3 is 24.8 Å². The van der Waals surface area contributed by atoms with Gasteiger partial charge in [-0.25, -0.2) is 9.78 Å². The molecule has 146 valence electrons. The summed E-state index contributed by atoms with van der Waals surface area (Å²) in [5.74, 6) is 0.953. The lowest BCUT2D eigenvalue weighted by molar-refractivity contribution is -0.109. The molecule has 0 saturated carbocycles. The summed E-state index contributed by atoms with van der Waals surface area (Å²) >= 11 is 0. The number of pyridine rings is 1. The first-order valence-electron chi connectivity index (χ1n) is 8.96. The summed E-state index contributed by atoms with van der Waals surface area (Å²) in [6.07, 6.45) is 0.110. The molecule has 0 aliphatic carbocycles. The Morgan fingerprint density at radius 3 is 2.50 bits per heavy atom. The van der Waals surface area contributed by atoms with Crippen LogP contribution in [0.5, 0.6) is 0 Å². The van der Waals surface area contributed by atoms with Gasteiger partial charge >= 0.3 is 6.09 Å². The fraction of sp³-hybridized carbons (Fsp3) is 0.684. The van der Waals surface area contributed by atoms with E-state index in [0.29, 0.717) is 6.54 Å². The number of anilines is 1. The Morgan fingerprint density at radius 2 is 2.00 bits per heavy atom. The van der Waals surface area contributed by atoms with Crippen molar-refractivity contribution in [3.63, 3.8) is 0 Å². The molecule has 1 saturated heterocycles. The Bertz CT molecular complexity index is 626. The van der Waals surface area contributed by atoms with E-state index in [9.17, 15) is 9.90 Å². The highest BCUT2D eigenvalue weighted by atomic mass is 16.7. The minimum atomic E-state index is -0.848. The predicted octanol–water partition coefficient (Wildman–Crippen LogP) is 3.69. The summed E-state index contributed by atoms with van der Waals surface area (Å²) in [6.45, 7) is 6.78. The maximum absolute atomic E-state index is 11.7. The predicted molar refractivity (Wildman–Crippen MR) is 100 cm³/mol. The maximum Gasteiger partial charge on any atom is 0.407 e. The molecule has 1 aromatic heterocycles. The first-order valence-corrected chi connectivity index (χ1v) is 8.96. The lowest BCUT2D eigenvalue weighted by Crippen LogP contribution is -2.51. The summed E-state index contributed by atoms with van der Waals surface area (Å²) in [5, 5.41) is 12.6. The van der Waals surface area contributed by atoms with Gasteiger partial charge in [0, 0.05) is 33.9 Å². The van der Waals surface area contributed by atoms with Crippen molar-refractivity contribution in [2.45, 2.75) is 51.9 Å². The molecule has 7 heteroatoms. The summed E-state index contributed by atoms with van der Waals surface area (Å²) in [6, 6.07) is 3.94. The van der Waals surface area contributed by atoms with Crippen molar-refractivity contribution in [2.75, 3.05) is 33.1 Å². The minimum Gasteiger partial charge on any atom is -0.465 e. The molecule has 2 heterocycles. The van der Waals surface area contributed by atoms with Crippen LogP contribution in [-0.2, 0) is 9.47 Å². The molecular weight excluding hydrogens is 334 g/mol. The van der Waals surface area contributed by atoms with Crippen LogP contribution in [0.1, 0.15) is 57.1 Å². The van der Waals surface area contributed by atoms with Crippen molar-refractivity contribution in [3.8, 4) is 0 Å². The van der Waals surface area contributed by atoms with Gasteiger partial charge in [0.05, 0.1) is 0 Å². The first-order chi connectivity index (χ1) is 12.2. The number of rotatable bonds is 5. The van der Waals surface area contributed by atoms with E-state index in [0.717, 1.165) is 29.9 Å². The molecule has 0 spiro atoms. The molecule has 2 N–H and O–H groups in total. The van der Waals surface area contributed by atoms with Crippen LogP contribution in [0, 0.1) is 5.41 Å². The minimum absolute atomic E-state index is 0.0564. The molecule has 2 unspecified atom stereocenters. The van der Waals surface area contributed by atoms with E-state index in [1.165, 1.54) is 0 Å². The van der Waals surface area contributed by atoms with Crippen LogP contribution < -0.4 is 5.32 Å². The largest absolute Gasteiger partial charge is 0.465 e. The van der Waals surface area contributed by atoms with Crippen LogP contribution >= 0.6 is 0 Å². The van der Waals surface area contributed by atoms with Crippen LogP contribution in [0.4, 0.5) is 10.6 Å². The van der Waals surface area contributed by atoms with Gasteiger partial charge in [-0.15, -0.1) is 0 Å². The van der Waals surface area contributed by atoms with E-state index >= 15 is 0 Å². The molecule has 26 heavy (non-hydrogen) atoms. The van der Waals surface area contributed by atoms with Crippen LogP contribution in [0.2, 0.25) is 0 Å². The van der Waals surface area contributed by atoms with Crippen molar-refractivity contribution in [1.29, 1.82) is 0 Å². The quantitative estimate of drug-likeness (QED) is 0.774. The number of piperidine rings is 1. The Hall–Kier alpha value is -1.86. The second-order valence-electron chi connectivity index (χ2n) is 7.80. The van der Waals surface area contributed by atoms with E-state index in [1.807, 2.05) is 13.1 Å². The van der Waals surface area contributed by atoms with Gasteiger partial charge in [-0.3, -0.25) is 0 Å². The molecular formula is C19H31N3O4. The van der Waals surface area contributed by atoms with Crippen LogP contribution in [-0.4, -0.2) is 54.9 Å². The SMILES string of the molecule is CNc1ccc(C2CCN(C(=O)O)C(C(C)(C)C)C2)c(C(OC)OC)n1. The molecule has 0 radical (unpaired) electrons. The molecule has 1 aliphatic heterocycles. The number of nitrogens with one attached hydrogen (secondary N) is 1. The smallest absolute Gasteiger partial charge is 0.407 e. The van der Waals surface area contributed by atoms with Gasteiger partial charge in [0.2, 0.25) is 6.29 Å². The van der Waals surface area contributed by atoms with Gasteiger partial charge in [0.25, 0.3) is 0 Å². The number of ether oxygens (including phenoxy) is 2. The van der Waals surface area contributed by atoms with Crippen LogP contribution in [0.3, 0.4) is 0 Å². The molecule has 1 aromatic rings. The number of aromatic nitrogens is 1. The summed E-state index contributed by atoms with van der Waals surface area (Å²) in [5.41, 5.74) is 1.68. The topological polar surface area (TPSA) is 83.9 Å². The number of methoxy groups -OCH3 is 2. The second kappa shape index (κ2) is 8.22. The molecule has 1 amide bonds. The lowest BCUT2D eigenvalue weighted by Gasteiger charge is -2.45. The third-order valence-electron chi connectivity index (χ3n) is 5.15. The fourth-order valence-corrected chi connectivity index (χ4v) is 3.78. The Kier molecular flexibility index (Phi) is 6.47. The van der Waals surface area contributed by atoms with E-state index in [1.54, 1.807) is 19.1 Å². The second-order valence-corrected chi connectivity index (χ2v) is 7.80. The first kappa shape index (κ1) is 20.5. The molecule has 1 aliphatic rings. The Balaban J connectivity index is 2.40. The fourth-order valence-electron chi connectivity index (χ4n) is 3.78. The molecule has 0 bridgehead atoms. The standard InChI is InChI=1S/C19H31N3O4/c1-19(2,3)14-11-12(9-10-22(14)18(23)24)13-7-8-15(20-4)21-16(13)17(25-5)26-6/h7-8,12,14,17H,9-11H2,1-6H3,(H,20,21)(H,23,24). The molecule has 2 rings (SSSR count). The summed E-state index contributed by atoms with van der Waals surface area (Å²) in [7, 11) is 5.01. The zero-order valence-electron chi connectivity index (χ0n) is 16.6. The van der Waals surface area contributed by atoms with Crippen molar-refractivity contribution >= 4 is 11.9 Å². The number of hydrogen-bond donors (Lipinski definition) is 2. The highest BCUT2D eigenvalue weighted by molar-refractivity contribution is 5.65. The number of carbonyl (C=O) groups is 1. The van der Waals surface area contributed by atoms with Crippen molar-refractivity contribution in [2.24, 2.45) is 5.41 Å². The number of carboxylic acid groups (broad SMARTS) is 1. The third-order valence-corrected chi connectivity index (χ3v) is 5.15. The average Bonchev–Trinajstić information content (AvgIpc) is 2.61. The number of nitrogens with zero attached hydrogens (tertiary/aromatic N) is 2. The zero-order chi connectivity index (χ0) is 19.5. The van der Waals surface area contributed by atoms with Crippen molar-refractivity contribution in [1.82, 2.24) is 9.88 Å². The number of hydrogen-bond acceptors (Lipinski definition) is 5. The summed E-state index contributed by atoms with van der Waals surface area (Å²) in [4.78, 5) is 17.9. The van der Waals surface area contributed by atoms with Crippen LogP contribution in [0.15, 0.2) is 12.1 Å². The Morgan fingerprint density at radius 1 is 1.35 bits per heavy atom. The van der Waals surface area contributed by atoms with E-state index in [-0.39, 0.29) is 17.4 Å². The number of likely N-dealkylation sites (tertiary alicyclic amines) is 1. The van der Waals surface area contributed by atoms with Gasteiger partial charge in [-0.2, -0.15) is 0 Å². The normalized spacial score (nSPS) is 21.1. The van der Waals surface area contributed by atoms with E-state index < -0.39 is 12.4 Å². The van der Waals surface area contributed by atoms with Gasteiger partial charge in [-0.05, 0) is 35.8 Å². The van der Waals surface area contributed by atoms with Gasteiger partial charge in [0.1, 0.15) is 11.5 Å². The molecule has 0 aromatic carbocycles. The van der Waals surface area contributed by atoms with Gasteiger partial charge in [0.15, 0.2) is 0 Å².